The molecule has 2 aromatic carbocycles. The van der Waals surface area contributed by atoms with Crippen molar-refractivity contribution in [3.8, 4) is 0 Å². The molecule has 1 aliphatic rings. The Hall–Kier alpha value is -2.11. The van der Waals surface area contributed by atoms with Crippen LogP contribution in [0.25, 0.3) is 11.1 Å². The van der Waals surface area contributed by atoms with Gasteiger partial charge in [-0.2, -0.15) is 0 Å². The van der Waals surface area contributed by atoms with Gasteiger partial charge in [-0.05, 0) is 42.9 Å². The fraction of sp³-hybridized carbons (Fsp3) is 0.316. The Balaban J connectivity index is 1.48. The van der Waals surface area contributed by atoms with Crippen LogP contribution in [-0.2, 0) is 6.67 Å². The number of oxazole rings is 1. The van der Waals surface area contributed by atoms with Gasteiger partial charge in [0.05, 0.1) is 12.2 Å². The molecule has 0 bridgehead atoms. The molecule has 3 aromatic rings. The number of nitrogens with zero attached hydrogens (tertiary/aromatic N) is 3. The van der Waals surface area contributed by atoms with E-state index in [-0.39, 0.29) is 0 Å². The molecule has 0 aliphatic carbocycles. The maximum absolute atomic E-state index is 5.69. The van der Waals surface area contributed by atoms with Gasteiger partial charge in [0.1, 0.15) is 0 Å². The first-order valence-corrected chi connectivity index (χ1v) is 8.74. The van der Waals surface area contributed by atoms with Crippen molar-refractivity contribution >= 4 is 29.0 Å². The topological polar surface area (TPSA) is 24.6 Å². The average molecular weight is 339 g/mol. The molecule has 24 heavy (non-hydrogen) atoms. The molecule has 1 saturated heterocycles. The minimum atomic E-state index is 0.553. The number of aromatic nitrogens is 1. The highest BCUT2D eigenvalue weighted by atomic mass is 32.1. The number of hydrogen-bond donors (Lipinski definition) is 0. The Morgan fingerprint density at radius 2 is 1.67 bits per heavy atom. The molecule has 0 amide bonds. The van der Waals surface area contributed by atoms with Crippen LogP contribution in [-0.4, -0.2) is 35.6 Å². The number of hydrogen-bond acceptors (Lipinski definition) is 4. The van der Waals surface area contributed by atoms with Crippen LogP contribution in [0, 0.1) is 11.8 Å². The summed E-state index contributed by atoms with van der Waals surface area (Å²) in [6, 6.07) is 16.6. The maximum Gasteiger partial charge on any atom is 0.270 e. The van der Waals surface area contributed by atoms with E-state index in [0.717, 1.165) is 43.9 Å². The number of rotatable bonds is 3. The van der Waals surface area contributed by atoms with E-state index in [9.17, 15) is 0 Å². The van der Waals surface area contributed by atoms with E-state index < -0.39 is 0 Å². The van der Waals surface area contributed by atoms with Crippen LogP contribution in [0.4, 0.5) is 5.69 Å². The molecule has 0 spiro atoms. The standard InChI is InChI=1S/C19H21N3OS/c1-15-6-2-3-7-16(15)21-12-10-20(11-13-21)14-22-17-8-4-5-9-18(17)23-19(22)24/h2-9H,10-14H2,1H3. The lowest BCUT2D eigenvalue weighted by atomic mass is 10.1. The molecule has 1 aliphatic heterocycles. The second kappa shape index (κ2) is 6.42. The summed E-state index contributed by atoms with van der Waals surface area (Å²) in [7, 11) is 0. The van der Waals surface area contributed by atoms with Gasteiger partial charge in [-0.15, -0.1) is 0 Å². The lowest BCUT2D eigenvalue weighted by Gasteiger charge is -2.36. The summed E-state index contributed by atoms with van der Waals surface area (Å²) in [5, 5.41) is 0. The lowest BCUT2D eigenvalue weighted by molar-refractivity contribution is 0.204. The highest BCUT2D eigenvalue weighted by Crippen LogP contribution is 2.22. The van der Waals surface area contributed by atoms with Crippen LogP contribution >= 0.6 is 12.2 Å². The fourth-order valence-electron chi connectivity index (χ4n) is 3.40. The Kier molecular flexibility index (Phi) is 4.12. The zero-order valence-electron chi connectivity index (χ0n) is 13.8. The molecular formula is C19H21N3OS. The number of anilines is 1. The van der Waals surface area contributed by atoms with Crippen molar-refractivity contribution in [2.45, 2.75) is 13.6 Å². The third kappa shape index (κ3) is 2.85. The Morgan fingerprint density at radius 1 is 0.958 bits per heavy atom. The lowest BCUT2D eigenvalue weighted by Crippen LogP contribution is -2.47. The second-order valence-electron chi connectivity index (χ2n) is 6.30. The van der Waals surface area contributed by atoms with Crippen molar-refractivity contribution in [3.63, 3.8) is 0 Å². The van der Waals surface area contributed by atoms with Gasteiger partial charge in [-0.1, -0.05) is 30.3 Å². The first-order valence-electron chi connectivity index (χ1n) is 8.34. The second-order valence-corrected chi connectivity index (χ2v) is 6.65. The normalized spacial score (nSPS) is 16.0. The van der Waals surface area contributed by atoms with Gasteiger partial charge < -0.3 is 9.32 Å². The van der Waals surface area contributed by atoms with Crippen LogP contribution in [0.2, 0.25) is 0 Å². The molecule has 0 N–H and O–H groups in total. The average Bonchev–Trinajstić information content (AvgIpc) is 2.92. The zero-order chi connectivity index (χ0) is 16.5. The van der Waals surface area contributed by atoms with Gasteiger partial charge in [0.15, 0.2) is 5.58 Å². The molecule has 1 aromatic heterocycles. The molecule has 0 unspecified atom stereocenters. The summed E-state index contributed by atoms with van der Waals surface area (Å²) < 4.78 is 7.78. The van der Waals surface area contributed by atoms with Gasteiger partial charge in [0, 0.05) is 31.9 Å². The predicted octanol–water partition coefficient (Wildman–Crippen LogP) is 4.05. The maximum atomic E-state index is 5.69. The minimum Gasteiger partial charge on any atom is -0.429 e. The van der Waals surface area contributed by atoms with Crippen LogP contribution in [0.3, 0.4) is 0 Å². The van der Waals surface area contributed by atoms with Crippen LogP contribution in [0.1, 0.15) is 5.56 Å². The molecule has 4 rings (SSSR count). The number of aryl methyl sites for hydroxylation is 1. The first-order chi connectivity index (χ1) is 11.7. The van der Waals surface area contributed by atoms with Gasteiger partial charge in [0.2, 0.25) is 0 Å². The van der Waals surface area contributed by atoms with E-state index in [4.69, 9.17) is 16.6 Å². The summed E-state index contributed by atoms with van der Waals surface area (Å²) in [5.41, 5.74) is 4.63. The summed E-state index contributed by atoms with van der Waals surface area (Å²) in [6.07, 6.45) is 0. The van der Waals surface area contributed by atoms with Crippen LogP contribution in [0.15, 0.2) is 52.9 Å². The fourth-order valence-corrected chi connectivity index (χ4v) is 3.64. The molecule has 0 saturated carbocycles. The van der Waals surface area contributed by atoms with Crippen molar-refractivity contribution < 1.29 is 4.42 Å². The van der Waals surface area contributed by atoms with Crippen molar-refractivity contribution in [2.75, 3.05) is 31.1 Å². The largest absolute Gasteiger partial charge is 0.429 e. The highest BCUT2D eigenvalue weighted by Gasteiger charge is 2.19. The zero-order valence-corrected chi connectivity index (χ0v) is 14.6. The quantitative estimate of drug-likeness (QED) is 0.672. The molecule has 124 valence electrons. The number of benzene rings is 2. The van der Waals surface area contributed by atoms with Gasteiger partial charge in [0.25, 0.3) is 4.84 Å². The smallest absolute Gasteiger partial charge is 0.270 e. The predicted molar refractivity (Wildman–Crippen MR) is 100 cm³/mol. The Bertz CT molecular complexity index is 906. The van der Waals surface area contributed by atoms with Crippen molar-refractivity contribution in [1.82, 2.24) is 9.47 Å². The molecule has 0 atom stereocenters. The third-order valence-corrected chi connectivity index (χ3v) is 5.05. The van der Waals surface area contributed by atoms with E-state index in [1.54, 1.807) is 0 Å². The number of para-hydroxylation sites is 3. The van der Waals surface area contributed by atoms with Gasteiger partial charge >= 0.3 is 0 Å². The summed E-state index contributed by atoms with van der Waals surface area (Å²) in [6.45, 7) is 7.09. The molecule has 5 heteroatoms. The summed E-state index contributed by atoms with van der Waals surface area (Å²) in [4.78, 5) is 5.46. The van der Waals surface area contributed by atoms with E-state index in [1.807, 2.05) is 18.2 Å². The monoisotopic (exact) mass is 339 g/mol. The number of fused-ring (bicyclic) bond motifs is 1. The van der Waals surface area contributed by atoms with Crippen molar-refractivity contribution in [2.24, 2.45) is 0 Å². The van der Waals surface area contributed by atoms with E-state index in [0.29, 0.717) is 4.84 Å². The van der Waals surface area contributed by atoms with E-state index >= 15 is 0 Å². The Morgan fingerprint density at radius 3 is 2.46 bits per heavy atom. The third-order valence-electron chi connectivity index (χ3n) is 4.74. The SMILES string of the molecule is Cc1ccccc1N1CCN(Cn2c(=S)oc3ccccc32)CC1. The Labute approximate surface area is 146 Å². The minimum absolute atomic E-state index is 0.553. The van der Waals surface area contributed by atoms with E-state index in [2.05, 4.69) is 51.6 Å². The first kappa shape index (κ1) is 15.4. The molecule has 0 radical (unpaired) electrons. The van der Waals surface area contributed by atoms with Gasteiger partial charge in [-0.25, -0.2) is 0 Å². The molecular weight excluding hydrogens is 318 g/mol. The summed E-state index contributed by atoms with van der Waals surface area (Å²) >= 11 is 5.40. The van der Waals surface area contributed by atoms with Crippen LogP contribution < -0.4 is 4.90 Å². The van der Waals surface area contributed by atoms with Crippen molar-refractivity contribution in [3.05, 3.63) is 58.9 Å². The number of piperazine rings is 1. The van der Waals surface area contributed by atoms with E-state index in [1.165, 1.54) is 11.3 Å². The van der Waals surface area contributed by atoms with Crippen LogP contribution in [0.5, 0.6) is 0 Å². The van der Waals surface area contributed by atoms with Gasteiger partial charge in [-0.3, -0.25) is 9.47 Å². The molecule has 2 heterocycles. The summed E-state index contributed by atoms with van der Waals surface area (Å²) in [5.74, 6) is 0. The molecule has 1 fully saturated rings. The molecule has 4 nitrogen and oxygen atoms in total. The van der Waals surface area contributed by atoms with Crippen molar-refractivity contribution in [1.29, 1.82) is 0 Å². The highest BCUT2D eigenvalue weighted by molar-refractivity contribution is 7.71.